The minimum atomic E-state index is 0.445. The molecule has 102 valence electrons. The minimum Gasteiger partial charge on any atom is -0.497 e. The molecule has 0 fully saturated rings. The molecule has 0 bridgehead atoms. The summed E-state index contributed by atoms with van der Waals surface area (Å²) in [5.74, 6) is 2.42. The molecular weight excluding hydrogens is 236 g/mol. The zero-order chi connectivity index (χ0) is 13.8. The van der Waals surface area contributed by atoms with Gasteiger partial charge in [0.15, 0.2) is 0 Å². The Morgan fingerprint density at radius 2 is 2.05 bits per heavy atom. The largest absolute Gasteiger partial charge is 0.497 e. The van der Waals surface area contributed by atoms with Gasteiger partial charge in [-0.15, -0.1) is 0 Å². The van der Waals surface area contributed by atoms with Gasteiger partial charge < -0.3 is 10.1 Å². The van der Waals surface area contributed by atoms with Gasteiger partial charge >= 0.3 is 0 Å². The molecule has 3 heteroatoms. The highest BCUT2D eigenvalue weighted by Crippen LogP contribution is 2.26. The quantitative estimate of drug-likeness (QED) is 0.877. The van der Waals surface area contributed by atoms with Gasteiger partial charge in [0.2, 0.25) is 0 Å². The molecule has 1 heterocycles. The number of anilines is 1. The number of hydrogen-bond acceptors (Lipinski definition) is 3. The monoisotopic (exact) mass is 258 g/mol. The van der Waals surface area contributed by atoms with E-state index in [1.54, 1.807) is 7.11 Å². The lowest BCUT2D eigenvalue weighted by molar-refractivity contribution is 0.415. The lowest BCUT2D eigenvalue weighted by Crippen LogP contribution is -2.25. The Kier molecular flexibility index (Phi) is 4.25. The van der Waals surface area contributed by atoms with Gasteiger partial charge in [-0.1, -0.05) is 20.8 Å². The molecule has 1 atom stereocenters. The normalized spacial score (nSPS) is 12.7. The molecule has 19 heavy (non-hydrogen) atoms. The number of nitrogens with one attached hydrogen (secondary N) is 1. The van der Waals surface area contributed by atoms with E-state index in [9.17, 15) is 0 Å². The van der Waals surface area contributed by atoms with Gasteiger partial charge in [-0.2, -0.15) is 0 Å². The van der Waals surface area contributed by atoms with Crippen molar-refractivity contribution in [3.63, 3.8) is 0 Å². The number of rotatable bonds is 5. The summed E-state index contributed by atoms with van der Waals surface area (Å²) in [6, 6.07) is 8.54. The maximum atomic E-state index is 5.26. The molecule has 0 aliphatic heterocycles. The summed E-state index contributed by atoms with van der Waals surface area (Å²) in [6.07, 6.45) is 2.93. The first-order valence-corrected chi connectivity index (χ1v) is 6.85. The Balaban J connectivity index is 2.38. The summed E-state index contributed by atoms with van der Waals surface area (Å²) in [7, 11) is 1.69. The summed E-state index contributed by atoms with van der Waals surface area (Å²) >= 11 is 0. The first-order chi connectivity index (χ1) is 9.15. The van der Waals surface area contributed by atoms with Gasteiger partial charge in [0.25, 0.3) is 0 Å². The number of methoxy groups -OCH3 is 1. The van der Waals surface area contributed by atoms with Crippen LogP contribution in [0.25, 0.3) is 10.8 Å². The highest BCUT2D eigenvalue weighted by molar-refractivity contribution is 5.92. The summed E-state index contributed by atoms with van der Waals surface area (Å²) in [4.78, 5) is 4.48. The first kappa shape index (κ1) is 13.7. The van der Waals surface area contributed by atoms with Crippen molar-refractivity contribution in [3.8, 4) is 5.75 Å². The zero-order valence-corrected chi connectivity index (χ0v) is 12.1. The second-order valence-corrected chi connectivity index (χ2v) is 5.15. The van der Waals surface area contributed by atoms with Crippen LogP contribution >= 0.6 is 0 Å². The van der Waals surface area contributed by atoms with Crippen molar-refractivity contribution < 1.29 is 4.74 Å². The van der Waals surface area contributed by atoms with E-state index < -0.39 is 0 Å². The van der Waals surface area contributed by atoms with Crippen LogP contribution in [0.1, 0.15) is 27.2 Å². The Morgan fingerprint density at radius 3 is 2.68 bits per heavy atom. The van der Waals surface area contributed by atoms with Crippen molar-refractivity contribution >= 4 is 16.6 Å². The third-order valence-corrected chi connectivity index (χ3v) is 3.54. The fourth-order valence-corrected chi connectivity index (χ4v) is 2.31. The molecule has 0 saturated carbocycles. The van der Waals surface area contributed by atoms with E-state index in [1.165, 1.54) is 0 Å². The van der Waals surface area contributed by atoms with Crippen LogP contribution in [-0.4, -0.2) is 18.1 Å². The molecular formula is C16H22N2O. The molecule has 0 aliphatic carbocycles. The van der Waals surface area contributed by atoms with Crippen LogP contribution in [0.4, 0.5) is 5.82 Å². The summed E-state index contributed by atoms with van der Waals surface area (Å²) in [5, 5.41) is 5.85. The second kappa shape index (κ2) is 5.91. The summed E-state index contributed by atoms with van der Waals surface area (Å²) in [5.41, 5.74) is 0. The lowest BCUT2D eigenvalue weighted by atomic mass is 10.0. The Labute approximate surface area is 115 Å². The zero-order valence-electron chi connectivity index (χ0n) is 12.1. The maximum Gasteiger partial charge on any atom is 0.134 e. The molecule has 1 aromatic carbocycles. The van der Waals surface area contributed by atoms with Crippen molar-refractivity contribution in [2.75, 3.05) is 12.4 Å². The SMILES string of the molecule is CCC(Nc1nccc2cc(OC)ccc12)C(C)C. The molecule has 0 spiro atoms. The van der Waals surface area contributed by atoms with E-state index in [-0.39, 0.29) is 0 Å². The Hall–Kier alpha value is -1.77. The third kappa shape index (κ3) is 2.98. The molecule has 1 aromatic heterocycles. The van der Waals surface area contributed by atoms with Gasteiger partial charge in [0.1, 0.15) is 11.6 Å². The minimum absolute atomic E-state index is 0.445. The number of fused-ring (bicyclic) bond motifs is 1. The lowest BCUT2D eigenvalue weighted by Gasteiger charge is -2.22. The Morgan fingerprint density at radius 1 is 1.26 bits per heavy atom. The van der Waals surface area contributed by atoms with Gasteiger partial charge in [-0.3, -0.25) is 0 Å². The molecule has 2 aromatic rings. The van der Waals surface area contributed by atoms with Crippen molar-refractivity contribution in [1.82, 2.24) is 4.98 Å². The molecule has 0 saturated heterocycles. The van der Waals surface area contributed by atoms with Crippen molar-refractivity contribution in [2.45, 2.75) is 33.2 Å². The average molecular weight is 258 g/mol. The fourth-order valence-electron chi connectivity index (χ4n) is 2.31. The molecule has 2 rings (SSSR count). The number of aromatic nitrogens is 1. The van der Waals surface area contributed by atoms with Gasteiger partial charge in [0, 0.05) is 17.6 Å². The fraction of sp³-hybridized carbons (Fsp3) is 0.438. The van der Waals surface area contributed by atoms with Crippen molar-refractivity contribution in [3.05, 3.63) is 30.5 Å². The predicted octanol–water partition coefficient (Wildman–Crippen LogP) is 4.09. The average Bonchev–Trinajstić information content (AvgIpc) is 2.43. The topological polar surface area (TPSA) is 34.2 Å². The van der Waals surface area contributed by atoms with E-state index in [0.717, 1.165) is 28.8 Å². The highest BCUT2D eigenvalue weighted by Gasteiger charge is 2.13. The number of benzene rings is 1. The number of ether oxygens (including phenoxy) is 1. The van der Waals surface area contributed by atoms with Crippen molar-refractivity contribution in [2.24, 2.45) is 5.92 Å². The predicted molar refractivity (Wildman–Crippen MR) is 80.8 cm³/mol. The van der Waals surface area contributed by atoms with Crippen LogP contribution in [0.2, 0.25) is 0 Å². The maximum absolute atomic E-state index is 5.26. The highest BCUT2D eigenvalue weighted by atomic mass is 16.5. The van der Waals surface area contributed by atoms with Crippen LogP contribution in [-0.2, 0) is 0 Å². The summed E-state index contributed by atoms with van der Waals surface area (Å²) < 4.78 is 5.26. The number of pyridine rings is 1. The van der Waals surface area contributed by atoms with Crippen LogP contribution < -0.4 is 10.1 Å². The first-order valence-electron chi connectivity index (χ1n) is 6.85. The molecule has 3 nitrogen and oxygen atoms in total. The smallest absolute Gasteiger partial charge is 0.134 e. The molecule has 1 N–H and O–H groups in total. The Bertz CT molecular complexity index is 551. The molecule has 0 radical (unpaired) electrons. The van der Waals surface area contributed by atoms with Gasteiger partial charge in [0.05, 0.1) is 7.11 Å². The van der Waals surface area contributed by atoms with Crippen molar-refractivity contribution in [1.29, 1.82) is 0 Å². The van der Waals surface area contributed by atoms with Gasteiger partial charge in [-0.05, 0) is 42.0 Å². The van der Waals surface area contributed by atoms with Crippen LogP contribution in [0.3, 0.4) is 0 Å². The van der Waals surface area contributed by atoms with E-state index in [0.29, 0.717) is 12.0 Å². The molecule has 1 unspecified atom stereocenters. The van der Waals surface area contributed by atoms with E-state index in [2.05, 4.69) is 37.1 Å². The summed E-state index contributed by atoms with van der Waals surface area (Å²) in [6.45, 7) is 6.66. The van der Waals surface area contributed by atoms with Crippen LogP contribution in [0, 0.1) is 5.92 Å². The van der Waals surface area contributed by atoms with Crippen LogP contribution in [0.5, 0.6) is 5.75 Å². The number of hydrogen-bond donors (Lipinski definition) is 1. The number of nitrogens with zero attached hydrogens (tertiary/aromatic N) is 1. The van der Waals surface area contributed by atoms with Gasteiger partial charge in [-0.25, -0.2) is 4.98 Å². The van der Waals surface area contributed by atoms with E-state index in [1.807, 2.05) is 24.4 Å². The second-order valence-electron chi connectivity index (χ2n) is 5.15. The molecule has 0 amide bonds. The standard InChI is InChI=1S/C16H22N2O/c1-5-15(11(2)3)18-16-14-7-6-13(19-4)10-12(14)8-9-17-16/h6-11,15H,5H2,1-4H3,(H,17,18). The van der Waals surface area contributed by atoms with Crippen LogP contribution in [0.15, 0.2) is 30.5 Å². The van der Waals surface area contributed by atoms with E-state index >= 15 is 0 Å². The van der Waals surface area contributed by atoms with E-state index in [4.69, 9.17) is 4.74 Å². The molecule has 0 aliphatic rings. The third-order valence-electron chi connectivity index (χ3n) is 3.54.